The van der Waals surface area contributed by atoms with E-state index in [0.29, 0.717) is 19.5 Å². The molecule has 0 aromatic carbocycles. The highest BCUT2D eigenvalue weighted by Gasteiger charge is 2.68. The highest BCUT2D eigenvalue weighted by molar-refractivity contribution is 7.89. The molecule has 1 fully saturated rings. The SMILES string of the molecule is Cc1ncc2c(c1CNS(=O)(=O)c1ccsc1)CCN(C(=O)C1C(C)(C)C1(C)C)C2. The van der Waals surface area contributed by atoms with Gasteiger partial charge in [0.15, 0.2) is 0 Å². The normalized spacial score (nSPS) is 20.1. The Morgan fingerprint density at radius 1 is 1.30 bits per heavy atom. The van der Waals surface area contributed by atoms with Crippen molar-refractivity contribution in [2.75, 3.05) is 6.54 Å². The molecule has 2 aromatic rings. The summed E-state index contributed by atoms with van der Waals surface area (Å²) in [7, 11) is -3.54. The molecule has 30 heavy (non-hydrogen) atoms. The number of hydrogen-bond acceptors (Lipinski definition) is 5. The standard InChI is InChI=1S/C22H29N3O3S2/c1-14-18(11-24-30(27,28)16-7-9-29-13-16)17-6-8-25(12-15(17)10-23-14)20(26)19-21(2,3)22(19,4)5/h7,9-10,13,19,24H,6,8,11-12H2,1-5H3. The molecule has 0 bridgehead atoms. The van der Waals surface area contributed by atoms with Gasteiger partial charge in [-0.3, -0.25) is 9.78 Å². The number of carbonyl (C=O) groups excluding carboxylic acids is 1. The zero-order chi connectivity index (χ0) is 21.9. The minimum absolute atomic E-state index is 0.0149. The van der Waals surface area contributed by atoms with E-state index in [1.165, 1.54) is 11.3 Å². The zero-order valence-electron chi connectivity index (χ0n) is 18.2. The molecule has 2 aliphatic rings. The van der Waals surface area contributed by atoms with Crippen LogP contribution in [0, 0.1) is 23.7 Å². The number of fused-ring (bicyclic) bond motifs is 1. The number of sulfonamides is 1. The van der Waals surface area contributed by atoms with Gasteiger partial charge in [0.25, 0.3) is 0 Å². The molecule has 8 heteroatoms. The van der Waals surface area contributed by atoms with E-state index in [1.54, 1.807) is 16.8 Å². The van der Waals surface area contributed by atoms with Crippen molar-refractivity contribution >= 4 is 27.3 Å². The molecule has 1 amide bonds. The van der Waals surface area contributed by atoms with E-state index in [4.69, 9.17) is 0 Å². The summed E-state index contributed by atoms with van der Waals surface area (Å²) in [4.78, 5) is 19.9. The third-order valence-electron chi connectivity index (χ3n) is 7.42. The smallest absolute Gasteiger partial charge is 0.241 e. The minimum atomic E-state index is -3.54. The van der Waals surface area contributed by atoms with E-state index in [0.717, 1.165) is 22.4 Å². The summed E-state index contributed by atoms with van der Waals surface area (Å²) in [6, 6.07) is 1.60. The van der Waals surface area contributed by atoms with Gasteiger partial charge in [0.2, 0.25) is 15.9 Å². The highest BCUT2D eigenvalue weighted by atomic mass is 32.2. The van der Waals surface area contributed by atoms with Gasteiger partial charge in [-0.05, 0) is 52.3 Å². The molecule has 3 heterocycles. The number of aromatic nitrogens is 1. The van der Waals surface area contributed by atoms with Crippen molar-refractivity contribution < 1.29 is 13.2 Å². The number of aryl methyl sites for hydroxylation is 1. The van der Waals surface area contributed by atoms with Crippen LogP contribution in [0.3, 0.4) is 0 Å². The van der Waals surface area contributed by atoms with Crippen LogP contribution in [0.25, 0.3) is 0 Å². The third kappa shape index (κ3) is 3.39. The highest BCUT2D eigenvalue weighted by Crippen LogP contribution is 2.68. The van der Waals surface area contributed by atoms with E-state index < -0.39 is 10.0 Å². The quantitative estimate of drug-likeness (QED) is 0.761. The molecular formula is C22H29N3O3S2. The van der Waals surface area contributed by atoms with E-state index >= 15 is 0 Å². The lowest BCUT2D eigenvalue weighted by atomic mass is 9.94. The first kappa shape index (κ1) is 21.5. The second-order valence-electron chi connectivity index (χ2n) is 9.50. The summed E-state index contributed by atoms with van der Waals surface area (Å²) in [5, 5.41) is 3.37. The molecule has 1 aliphatic heterocycles. The Bertz CT molecular complexity index is 1080. The van der Waals surface area contributed by atoms with Gasteiger partial charge in [-0.25, -0.2) is 13.1 Å². The predicted molar refractivity (Wildman–Crippen MR) is 117 cm³/mol. The lowest BCUT2D eigenvalue weighted by Crippen LogP contribution is -2.39. The van der Waals surface area contributed by atoms with Crippen molar-refractivity contribution in [1.82, 2.24) is 14.6 Å². The van der Waals surface area contributed by atoms with Crippen molar-refractivity contribution in [2.45, 2.75) is 59.0 Å². The molecule has 162 valence electrons. The molecule has 2 aromatic heterocycles. The fourth-order valence-electron chi connectivity index (χ4n) is 4.80. The summed E-state index contributed by atoms with van der Waals surface area (Å²) < 4.78 is 27.7. The van der Waals surface area contributed by atoms with E-state index in [2.05, 4.69) is 37.4 Å². The number of thiophene rings is 1. The Kier molecular flexibility index (Phi) is 5.11. The van der Waals surface area contributed by atoms with Crippen molar-refractivity contribution in [3.05, 3.63) is 45.4 Å². The summed E-state index contributed by atoms with van der Waals surface area (Å²) in [6.45, 7) is 12.0. The van der Waals surface area contributed by atoms with Crippen LogP contribution in [-0.2, 0) is 34.3 Å². The Morgan fingerprint density at radius 3 is 2.60 bits per heavy atom. The van der Waals surface area contributed by atoms with Crippen molar-refractivity contribution in [3.8, 4) is 0 Å². The average Bonchev–Trinajstić information content (AvgIpc) is 3.06. The average molecular weight is 448 g/mol. The summed E-state index contributed by atoms with van der Waals surface area (Å²) >= 11 is 1.36. The second-order valence-corrected chi connectivity index (χ2v) is 12.0. The Morgan fingerprint density at radius 2 is 2.00 bits per heavy atom. The van der Waals surface area contributed by atoms with Gasteiger partial charge in [-0.15, -0.1) is 0 Å². The summed E-state index contributed by atoms with van der Waals surface area (Å²) in [6.07, 6.45) is 2.55. The van der Waals surface area contributed by atoms with Crippen LogP contribution in [0.4, 0.5) is 0 Å². The molecule has 0 saturated heterocycles. The number of nitrogens with zero attached hydrogens (tertiary/aromatic N) is 2. The Labute approximate surface area is 182 Å². The maximum absolute atomic E-state index is 13.2. The van der Waals surface area contributed by atoms with Crippen LogP contribution in [0.1, 0.15) is 50.1 Å². The summed E-state index contributed by atoms with van der Waals surface area (Å²) in [5.41, 5.74) is 3.91. The third-order valence-corrected chi connectivity index (χ3v) is 9.65. The largest absolute Gasteiger partial charge is 0.338 e. The lowest BCUT2D eigenvalue weighted by Gasteiger charge is -2.31. The number of carbonyl (C=O) groups is 1. The van der Waals surface area contributed by atoms with Gasteiger partial charge in [-0.2, -0.15) is 11.3 Å². The number of nitrogens with one attached hydrogen (secondary N) is 1. The molecule has 0 atom stereocenters. The van der Waals surface area contributed by atoms with Gasteiger partial charge in [0.05, 0.1) is 4.90 Å². The van der Waals surface area contributed by atoms with E-state index in [9.17, 15) is 13.2 Å². The zero-order valence-corrected chi connectivity index (χ0v) is 19.8. The fourth-order valence-corrected chi connectivity index (χ4v) is 6.82. The van der Waals surface area contributed by atoms with Crippen LogP contribution >= 0.6 is 11.3 Å². The molecule has 0 spiro atoms. The first-order valence-electron chi connectivity index (χ1n) is 10.2. The monoisotopic (exact) mass is 447 g/mol. The Balaban J connectivity index is 1.53. The van der Waals surface area contributed by atoms with Crippen molar-refractivity contribution in [2.24, 2.45) is 16.7 Å². The molecule has 4 rings (SSSR count). The van der Waals surface area contributed by atoms with Gasteiger partial charge < -0.3 is 4.90 Å². The molecule has 1 N–H and O–H groups in total. The lowest BCUT2D eigenvalue weighted by molar-refractivity contribution is -0.134. The predicted octanol–water partition coefficient (Wildman–Crippen LogP) is 3.50. The molecule has 1 aliphatic carbocycles. The van der Waals surface area contributed by atoms with Gasteiger partial charge in [0, 0.05) is 42.8 Å². The van der Waals surface area contributed by atoms with E-state index in [1.807, 2.05) is 18.0 Å². The molecule has 6 nitrogen and oxygen atoms in total. The van der Waals surface area contributed by atoms with Gasteiger partial charge in [-0.1, -0.05) is 27.7 Å². The number of hydrogen-bond donors (Lipinski definition) is 1. The number of rotatable bonds is 5. The van der Waals surface area contributed by atoms with Crippen LogP contribution in [0.5, 0.6) is 0 Å². The van der Waals surface area contributed by atoms with Crippen LogP contribution in [0.15, 0.2) is 27.9 Å². The van der Waals surface area contributed by atoms with Crippen molar-refractivity contribution in [3.63, 3.8) is 0 Å². The molecule has 0 unspecified atom stereocenters. The maximum atomic E-state index is 13.2. The Hall–Kier alpha value is -1.77. The number of amides is 1. The summed E-state index contributed by atoms with van der Waals surface area (Å²) in [5.74, 6) is 0.262. The van der Waals surface area contributed by atoms with Crippen LogP contribution in [-0.4, -0.2) is 30.8 Å². The van der Waals surface area contributed by atoms with Gasteiger partial charge >= 0.3 is 0 Å². The second kappa shape index (κ2) is 7.14. The molecule has 0 radical (unpaired) electrons. The molecule has 1 saturated carbocycles. The van der Waals surface area contributed by atoms with Crippen molar-refractivity contribution in [1.29, 1.82) is 0 Å². The van der Waals surface area contributed by atoms with Crippen LogP contribution < -0.4 is 4.72 Å². The maximum Gasteiger partial charge on any atom is 0.241 e. The van der Waals surface area contributed by atoms with Crippen LogP contribution in [0.2, 0.25) is 0 Å². The minimum Gasteiger partial charge on any atom is -0.338 e. The fraction of sp³-hybridized carbons (Fsp3) is 0.545. The first-order valence-corrected chi connectivity index (χ1v) is 12.7. The topological polar surface area (TPSA) is 79.4 Å². The van der Waals surface area contributed by atoms with E-state index in [-0.39, 0.29) is 34.1 Å². The molecular weight excluding hydrogens is 418 g/mol. The van der Waals surface area contributed by atoms with Gasteiger partial charge in [0.1, 0.15) is 0 Å². The first-order chi connectivity index (χ1) is 14.0. The number of pyridine rings is 1.